The molecule has 5 aliphatic rings. The highest BCUT2D eigenvalue weighted by Crippen LogP contribution is 2.66. The van der Waals surface area contributed by atoms with Gasteiger partial charge in [0.1, 0.15) is 0 Å². The second-order valence-corrected chi connectivity index (χ2v) is 25.2. The molecule has 0 saturated carbocycles. The van der Waals surface area contributed by atoms with E-state index in [1.807, 2.05) is 0 Å². The van der Waals surface area contributed by atoms with Crippen molar-refractivity contribution in [3.05, 3.63) is 233 Å². The van der Waals surface area contributed by atoms with Gasteiger partial charge >= 0.3 is 0 Å². The molecule has 0 bridgehead atoms. The lowest BCUT2D eigenvalue weighted by Gasteiger charge is -2.49. The minimum atomic E-state index is -0.350. The van der Waals surface area contributed by atoms with Crippen LogP contribution in [0.5, 0.6) is 0 Å². The van der Waals surface area contributed by atoms with Crippen LogP contribution in [0, 0.1) is 26.2 Å². The molecule has 16 rings (SSSR count). The van der Waals surface area contributed by atoms with Crippen LogP contribution in [0.25, 0.3) is 83.1 Å². The molecule has 4 heterocycles. The average molecular weight is 986 g/mol. The number of aromatic nitrogens is 1. The molecule has 0 N–H and O–H groups in total. The van der Waals surface area contributed by atoms with Crippen molar-refractivity contribution < 1.29 is 0 Å². The van der Waals surface area contributed by atoms with Gasteiger partial charge in [-0.05, 0) is 155 Å². The van der Waals surface area contributed by atoms with Crippen molar-refractivity contribution in [2.75, 3.05) is 0 Å². The summed E-state index contributed by atoms with van der Waals surface area (Å²) in [6.45, 7) is 25.2. The predicted octanol–water partition coefficient (Wildman–Crippen LogP) is 14.3. The summed E-state index contributed by atoms with van der Waals surface area (Å²) in [5.74, 6) is 0. The molecular weight excluding hydrogens is 924 g/mol. The van der Waals surface area contributed by atoms with Crippen molar-refractivity contribution in [2.45, 2.75) is 85.5 Å². The van der Waals surface area contributed by atoms with Crippen LogP contribution in [-0.4, -0.2) is 18.0 Å². The number of hydrogen-bond donors (Lipinski definition) is 0. The molecular formula is C74H61B2N. The SMILES string of the molecule is Cc1c(C)c2c3c(c1C)B1c4c(-c5ccccc5)cccc4-c4ccccc4C4(C)c5c(cc6c7cc8c(c(c7n-3c6c51)B2c1c(-c2ccccc2)cccc1-c1ccccc1)C(C)(C)c1ccccc1-8)C(C)(C)C4(C)C. The molecule has 1 unspecified atom stereocenters. The van der Waals surface area contributed by atoms with Gasteiger partial charge in [-0.25, -0.2) is 0 Å². The molecule has 1 atom stereocenters. The smallest absolute Gasteiger partial charge is 0.249 e. The lowest BCUT2D eigenvalue weighted by molar-refractivity contribution is 0.140. The zero-order chi connectivity index (χ0) is 52.4. The standard InChI is InChI=1S/C74H61B2N/c1-42-43(2)62-70-63(44(42)3)76-65-50(47-30-18-13-19-31-47)36-25-37-53(65)51-32-21-23-39-58(51)74(10)61-59(72(6,7)73(74,8)9)41-56-55-40-54-52-33-20-22-38-57(52)71(4,5)60(54)66(68(55)77(70)69(56)67(61)76)75(62)64-48(45-26-14-11-15-27-45)34-24-35-49(64)46-28-16-12-17-29-46/h11-41H,1-10H3. The van der Waals surface area contributed by atoms with E-state index >= 15 is 0 Å². The summed E-state index contributed by atoms with van der Waals surface area (Å²) in [5.41, 5.74) is 36.5. The monoisotopic (exact) mass is 985 g/mol. The van der Waals surface area contributed by atoms with Gasteiger partial charge in [0.05, 0.1) is 0 Å². The zero-order valence-corrected chi connectivity index (χ0v) is 46.0. The van der Waals surface area contributed by atoms with Crippen LogP contribution in [0.4, 0.5) is 0 Å². The largest absolute Gasteiger partial charge is 0.311 e. The lowest BCUT2D eigenvalue weighted by Crippen LogP contribution is -2.67. The molecule has 0 fully saturated rings. The fourth-order valence-corrected chi connectivity index (χ4v) is 17.0. The number of benzene rings is 10. The molecule has 0 spiro atoms. The maximum absolute atomic E-state index is 2.90. The van der Waals surface area contributed by atoms with E-state index in [0.717, 1.165) is 0 Å². The first kappa shape index (κ1) is 45.3. The molecule has 368 valence electrons. The van der Waals surface area contributed by atoms with Gasteiger partial charge in [0.25, 0.3) is 0 Å². The number of fused-ring (bicyclic) bond motifs is 11. The first-order valence-corrected chi connectivity index (χ1v) is 28.2. The van der Waals surface area contributed by atoms with Gasteiger partial charge in [0.15, 0.2) is 0 Å². The summed E-state index contributed by atoms with van der Waals surface area (Å²) < 4.78 is 2.90. The third kappa shape index (κ3) is 5.25. The van der Waals surface area contributed by atoms with Crippen molar-refractivity contribution >= 4 is 68.0 Å². The maximum atomic E-state index is 2.90. The van der Waals surface area contributed by atoms with E-state index in [0.29, 0.717) is 0 Å². The van der Waals surface area contributed by atoms with Gasteiger partial charge in [0, 0.05) is 38.3 Å². The van der Waals surface area contributed by atoms with Crippen LogP contribution in [0.3, 0.4) is 0 Å². The van der Waals surface area contributed by atoms with Gasteiger partial charge < -0.3 is 4.57 Å². The Kier molecular flexibility index (Phi) is 8.82. The third-order valence-corrected chi connectivity index (χ3v) is 21.5. The fourth-order valence-electron chi connectivity index (χ4n) is 17.0. The lowest BCUT2D eigenvalue weighted by atomic mass is 9.27. The molecule has 3 aliphatic heterocycles. The van der Waals surface area contributed by atoms with E-state index in [9.17, 15) is 0 Å². The van der Waals surface area contributed by atoms with E-state index in [1.54, 1.807) is 0 Å². The maximum Gasteiger partial charge on any atom is 0.249 e. The quantitative estimate of drug-likeness (QED) is 0.155. The molecule has 10 aromatic carbocycles. The Bertz CT molecular complexity index is 4400. The first-order valence-electron chi connectivity index (χ1n) is 28.2. The fraction of sp³-hybridized carbons (Fsp3) is 0.189. The van der Waals surface area contributed by atoms with Gasteiger partial charge in [-0.2, -0.15) is 0 Å². The van der Waals surface area contributed by atoms with E-state index in [2.05, 4.69) is 262 Å². The van der Waals surface area contributed by atoms with Crippen molar-refractivity contribution in [1.82, 2.24) is 4.57 Å². The van der Waals surface area contributed by atoms with Gasteiger partial charge in [-0.3, -0.25) is 0 Å². The Morgan fingerprint density at radius 3 is 1.29 bits per heavy atom. The Morgan fingerprint density at radius 1 is 0.338 bits per heavy atom. The normalized spacial score (nSPS) is 17.8. The minimum Gasteiger partial charge on any atom is -0.311 e. The van der Waals surface area contributed by atoms with Crippen LogP contribution in [0.1, 0.15) is 93.0 Å². The average Bonchev–Trinajstić information content (AvgIpc) is 4.02. The summed E-state index contributed by atoms with van der Waals surface area (Å²) >= 11 is 0. The highest BCUT2D eigenvalue weighted by molar-refractivity contribution is 7.04. The molecule has 0 amide bonds. The van der Waals surface area contributed by atoms with E-state index < -0.39 is 0 Å². The van der Waals surface area contributed by atoms with Gasteiger partial charge in [-0.1, -0.05) is 246 Å². The highest BCUT2D eigenvalue weighted by atomic mass is 15.0. The van der Waals surface area contributed by atoms with Crippen molar-refractivity contribution in [2.24, 2.45) is 5.41 Å². The number of hydrogen-bond acceptors (Lipinski definition) is 0. The summed E-state index contributed by atoms with van der Waals surface area (Å²) in [6, 6.07) is 72.6. The summed E-state index contributed by atoms with van der Waals surface area (Å²) in [7, 11) is 0. The summed E-state index contributed by atoms with van der Waals surface area (Å²) in [4.78, 5) is 0. The molecule has 77 heavy (non-hydrogen) atoms. The molecule has 0 saturated heterocycles. The van der Waals surface area contributed by atoms with Crippen molar-refractivity contribution in [3.63, 3.8) is 0 Å². The topological polar surface area (TPSA) is 4.93 Å². The number of rotatable bonds is 4. The predicted molar refractivity (Wildman–Crippen MR) is 330 cm³/mol. The number of nitrogens with zero attached hydrogens (tertiary/aromatic N) is 1. The molecule has 11 aromatic rings. The Morgan fingerprint density at radius 2 is 0.753 bits per heavy atom. The van der Waals surface area contributed by atoms with Crippen molar-refractivity contribution in [1.29, 1.82) is 0 Å². The zero-order valence-electron chi connectivity index (χ0n) is 46.0. The molecule has 3 heteroatoms. The molecule has 1 aromatic heterocycles. The van der Waals surface area contributed by atoms with Crippen LogP contribution >= 0.6 is 0 Å². The van der Waals surface area contributed by atoms with Gasteiger partial charge in [-0.15, -0.1) is 0 Å². The van der Waals surface area contributed by atoms with Crippen LogP contribution in [-0.2, 0) is 16.2 Å². The molecule has 2 aliphatic carbocycles. The van der Waals surface area contributed by atoms with Crippen LogP contribution in [0.2, 0.25) is 0 Å². The Balaban J connectivity index is 1.21. The second kappa shape index (κ2) is 15.0. The Labute approximate surface area is 454 Å². The van der Waals surface area contributed by atoms with E-state index in [1.165, 1.54) is 160 Å². The first-order chi connectivity index (χ1) is 37.2. The second-order valence-electron chi connectivity index (χ2n) is 25.2. The van der Waals surface area contributed by atoms with E-state index in [-0.39, 0.29) is 35.1 Å². The van der Waals surface area contributed by atoms with E-state index in [4.69, 9.17) is 0 Å². The minimum absolute atomic E-state index is 0.0785. The molecule has 0 radical (unpaired) electrons. The van der Waals surface area contributed by atoms with Crippen LogP contribution in [0.15, 0.2) is 188 Å². The highest BCUT2D eigenvalue weighted by Gasteiger charge is 2.64. The summed E-state index contributed by atoms with van der Waals surface area (Å²) in [6.07, 6.45) is 0. The van der Waals surface area contributed by atoms with Crippen molar-refractivity contribution in [3.8, 4) is 61.3 Å². The van der Waals surface area contributed by atoms with Crippen LogP contribution < -0.4 is 32.8 Å². The van der Waals surface area contributed by atoms with Gasteiger partial charge in [0.2, 0.25) is 13.4 Å². The summed E-state index contributed by atoms with van der Waals surface area (Å²) in [5, 5.41) is 2.76. The molecule has 1 nitrogen and oxygen atoms in total. The Hall–Kier alpha value is -7.87. The third-order valence-electron chi connectivity index (χ3n) is 21.5.